The van der Waals surface area contributed by atoms with Gasteiger partial charge in [-0.15, -0.1) is 0 Å². The maximum Gasteiger partial charge on any atom is 0.335 e. The Bertz CT molecular complexity index is 740. The van der Waals surface area contributed by atoms with Crippen molar-refractivity contribution in [3.05, 3.63) is 54.1 Å². The van der Waals surface area contributed by atoms with Crippen molar-refractivity contribution in [1.82, 2.24) is 0 Å². The normalized spacial score (nSPS) is 9.78. The van der Waals surface area contributed by atoms with Gasteiger partial charge in [0.05, 0.1) is 5.56 Å². The highest BCUT2D eigenvalue weighted by Gasteiger charge is 2.06. The van der Waals surface area contributed by atoms with E-state index in [9.17, 15) is 14.4 Å². The van der Waals surface area contributed by atoms with Crippen molar-refractivity contribution in [3.8, 4) is 5.75 Å². The molecule has 3 N–H and O–H groups in total. The number of esters is 1. The number of carbonyl (C=O) groups is 3. The Morgan fingerprint density at radius 3 is 2.22 bits per heavy atom. The Morgan fingerprint density at radius 1 is 0.957 bits per heavy atom. The van der Waals surface area contributed by atoms with Crippen LogP contribution in [0.5, 0.6) is 5.75 Å². The lowest BCUT2D eigenvalue weighted by Gasteiger charge is -2.09. The SMILES string of the molecule is CC(=O)Oc1cccc(NC(=O)Nc2ccc(C(=O)O)cc2)c1. The van der Waals surface area contributed by atoms with Gasteiger partial charge in [0, 0.05) is 24.4 Å². The number of nitrogens with one attached hydrogen (secondary N) is 2. The minimum atomic E-state index is -1.04. The Labute approximate surface area is 131 Å². The van der Waals surface area contributed by atoms with Crippen LogP contribution in [0, 0.1) is 0 Å². The third-order valence-corrected chi connectivity index (χ3v) is 2.74. The third-order valence-electron chi connectivity index (χ3n) is 2.74. The second-order valence-electron chi connectivity index (χ2n) is 4.58. The number of hydrogen-bond acceptors (Lipinski definition) is 4. The molecule has 0 aromatic heterocycles. The number of ether oxygens (including phenoxy) is 1. The van der Waals surface area contributed by atoms with E-state index in [-0.39, 0.29) is 5.56 Å². The van der Waals surface area contributed by atoms with E-state index in [0.29, 0.717) is 17.1 Å². The second-order valence-corrected chi connectivity index (χ2v) is 4.58. The van der Waals surface area contributed by atoms with E-state index in [2.05, 4.69) is 10.6 Å². The minimum Gasteiger partial charge on any atom is -0.478 e. The van der Waals surface area contributed by atoms with Crippen LogP contribution < -0.4 is 15.4 Å². The Morgan fingerprint density at radius 2 is 1.61 bits per heavy atom. The molecule has 2 aromatic rings. The molecule has 0 radical (unpaired) electrons. The zero-order valence-corrected chi connectivity index (χ0v) is 12.2. The molecule has 0 bridgehead atoms. The van der Waals surface area contributed by atoms with Crippen molar-refractivity contribution in [2.45, 2.75) is 6.92 Å². The summed E-state index contributed by atoms with van der Waals surface area (Å²) in [5, 5.41) is 14.0. The van der Waals surface area contributed by atoms with E-state index in [0.717, 1.165) is 0 Å². The molecule has 23 heavy (non-hydrogen) atoms. The molecule has 2 rings (SSSR count). The Kier molecular flexibility index (Phi) is 4.93. The number of carboxylic acids is 1. The van der Waals surface area contributed by atoms with Gasteiger partial charge < -0.3 is 20.5 Å². The standard InChI is InChI=1S/C16H14N2O5/c1-10(19)23-14-4-2-3-13(9-14)18-16(22)17-12-7-5-11(6-8-12)15(20)21/h2-9H,1H3,(H,20,21)(H2,17,18,22). The minimum absolute atomic E-state index is 0.130. The topological polar surface area (TPSA) is 105 Å². The van der Waals surface area contributed by atoms with E-state index in [1.54, 1.807) is 18.2 Å². The highest BCUT2D eigenvalue weighted by molar-refractivity contribution is 6.00. The summed E-state index contributed by atoms with van der Waals surface area (Å²) in [6.07, 6.45) is 0. The molecule has 118 valence electrons. The van der Waals surface area contributed by atoms with Crippen molar-refractivity contribution in [2.24, 2.45) is 0 Å². The number of urea groups is 1. The number of carboxylic acid groups (broad SMARTS) is 1. The molecule has 0 aliphatic carbocycles. The zero-order valence-electron chi connectivity index (χ0n) is 12.2. The first-order valence-corrected chi connectivity index (χ1v) is 6.64. The summed E-state index contributed by atoms with van der Waals surface area (Å²) in [6.45, 7) is 1.29. The molecule has 0 saturated carbocycles. The van der Waals surface area contributed by atoms with E-state index < -0.39 is 18.0 Å². The van der Waals surface area contributed by atoms with Crippen LogP contribution in [0.3, 0.4) is 0 Å². The molecule has 7 nitrogen and oxygen atoms in total. The molecule has 2 aromatic carbocycles. The summed E-state index contributed by atoms with van der Waals surface area (Å²) in [5.41, 5.74) is 1.03. The van der Waals surface area contributed by atoms with Gasteiger partial charge in [0.25, 0.3) is 0 Å². The number of benzene rings is 2. The van der Waals surface area contributed by atoms with Gasteiger partial charge in [0.2, 0.25) is 0 Å². The van der Waals surface area contributed by atoms with Gasteiger partial charge in [-0.2, -0.15) is 0 Å². The molecule has 0 saturated heterocycles. The predicted octanol–water partition coefficient (Wildman–Crippen LogP) is 2.95. The lowest BCUT2D eigenvalue weighted by atomic mass is 10.2. The van der Waals surface area contributed by atoms with E-state index in [1.165, 1.54) is 37.3 Å². The highest BCUT2D eigenvalue weighted by Crippen LogP contribution is 2.18. The van der Waals surface area contributed by atoms with Crippen molar-refractivity contribution >= 4 is 29.3 Å². The van der Waals surface area contributed by atoms with E-state index >= 15 is 0 Å². The van der Waals surface area contributed by atoms with E-state index in [4.69, 9.17) is 9.84 Å². The molecule has 0 spiro atoms. The fraction of sp³-hybridized carbons (Fsp3) is 0.0625. The molecule has 0 unspecified atom stereocenters. The lowest BCUT2D eigenvalue weighted by Crippen LogP contribution is -2.19. The van der Waals surface area contributed by atoms with Crippen LogP contribution in [0.2, 0.25) is 0 Å². The van der Waals surface area contributed by atoms with Crippen LogP contribution in [0.25, 0.3) is 0 Å². The molecule has 0 aliphatic heterocycles. The summed E-state index contributed by atoms with van der Waals surface area (Å²) >= 11 is 0. The largest absolute Gasteiger partial charge is 0.478 e. The average molecular weight is 314 g/mol. The van der Waals surface area contributed by atoms with Gasteiger partial charge in [-0.05, 0) is 36.4 Å². The van der Waals surface area contributed by atoms with Gasteiger partial charge in [0.15, 0.2) is 0 Å². The summed E-state index contributed by atoms with van der Waals surface area (Å²) in [6, 6.07) is 11.6. The summed E-state index contributed by atoms with van der Waals surface area (Å²) < 4.78 is 4.92. The lowest BCUT2D eigenvalue weighted by molar-refractivity contribution is -0.131. The molecule has 0 heterocycles. The number of aromatic carboxylic acids is 1. The van der Waals surface area contributed by atoms with Crippen LogP contribution in [0.15, 0.2) is 48.5 Å². The number of amides is 2. The van der Waals surface area contributed by atoms with Crippen LogP contribution in [0.4, 0.5) is 16.2 Å². The first-order chi connectivity index (χ1) is 10.9. The van der Waals surface area contributed by atoms with Crippen LogP contribution in [-0.2, 0) is 4.79 Å². The number of rotatable bonds is 4. The molecule has 0 aliphatic rings. The van der Waals surface area contributed by atoms with Gasteiger partial charge in [-0.3, -0.25) is 4.79 Å². The van der Waals surface area contributed by atoms with Crippen molar-refractivity contribution in [2.75, 3.05) is 10.6 Å². The molecular formula is C16H14N2O5. The summed E-state index contributed by atoms with van der Waals surface area (Å²) in [4.78, 5) is 33.5. The molecular weight excluding hydrogens is 300 g/mol. The van der Waals surface area contributed by atoms with Crippen molar-refractivity contribution in [3.63, 3.8) is 0 Å². The van der Waals surface area contributed by atoms with Gasteiger partial charge in [0.1, 0.15) is 5.75 Å². The molecule has 0 atom stereocenters. The van der Waals surface area contributed by atoms with Crippen LogP contribution >= 0.6 is 0 Å². The van der Waals surface area contributed by atoms with Crippen molar-refractivity contribution in [1.29, 1.82) is 0 Å². The second kappa shape index (κ2) is 7.08. The quantitative estimate of drug-likeness (QED) is 0.594. The maximum atomic E-state index is 11.9. The predicted molar refractivity (Wildman–Crippen MR) is 83.8 cm³/mol. The third kappa shape index (κ3) is 4.85. The number of anilines is 2. The summed E-state index contributed by atoms with van der Waals surface area (Å²) in [7, 11) is 0. The van der Waals surface area contributed by atoms with Gasteiger partial charge >= 0.3 is 18.0 Å². The van der Waals surface area contributed by atoms with Gasteiger partial charge in [-0.1, -0.05) is 6.07 Å². The number of carbonyl (C=O) groups excluding carboxylic acids is 2. The number of hydrogen-bond donors (Lipinski definition) is 3. The summed E-state index contributed by atoms with van der Waals surface area (Å²) in [5.74, 6) is -1.17. The van der Waals surface area contributed by atoms with Crippen LogP contribution in [0.1, 0.15) is 17.3 Å². The van der Waals surface area contributed by atoms with Crippen molar-refractivity contribution < 1.29 is 24.2 Å². The van der Waals surface area contributed by atoms with Crippen LogP contribution in [-0.4, -0.2) is 23.1 Å². The Hall–Kier alpha value is -3.35. The molecule has 2 amide bonds. The molecule has 0 fully saturated rings. The highest BCUT2D eigenvalue weighted by atomic mass is 16.5. The zero-order chi connectivity index (χ0) is 16.8. The fourth-order valence-corrected chi connectivity index (χ4v) is 1.79. The smallest absolute Gasteiger partial charge is 0.335 e. The monoisotopic (exact) mass is 314 g/mol. The average Bonchev–Trinajstić information content (AvgIpc) is 2.47. The van der Waals surface area contributed by atoms with E-state index in [1.807, 2.05) is 0 Å². The maximum absolute atomic E-state index is 11.9. The molecule has 7 heteroatoms. The first kappa shape index (κ1) is 16.0. The Balaban J connectivity index is 1.99. The van der Waals surface area contributed by atoms with Gasteiger partial charge in [-0.25, -0.2) is 9.59 Å². The first-order valence-electron chi connectivity index (χ1n) is 6.64. The fourth-order valence-electron chi connectivity index (χ4n) is 1.79.